The van der Waals surface area contributed by atoms with Crippen LogP contribution in [0.5, 0.6) is 5.75 Å². The van der Waals surface area contributed by atoms with Crippen LogP contribution in [0.1, 0.15) is 5.56 Å². The zero-order valence-corrected chi connectivity index (χ0v) is 7.08. The number of methoxy groups -OCH3 is 1. The van der Waals surface area contributed by atoms with Gasteiger partial charge in [0.05, 0.1) is 13.7 Å². The fourth-order valence-corrected chi connectivity index (χ4v) is 0.977. The number of nitrogens with zero attached hydrogens (tertiary/aromatic N) is 1. The monoisotopic (exact) mass is 164 g/mol. The summed E-state index contributed by atoms with van der Waals surface area (Å²) < 4.78 is 5.01. The minimum Gasteiger partial charge on any atom is -0.497 e. The van der Waals surface area contributed by atoms with Crippen molar-refractivity contribution in [3.63, 3.8) is 0 Å². The predicted molar refractivity (Wildman–Crippen MR) is 46.7 cm³/mol. The lowest BCUT2D eigenvalue weighted by atomic mass is 10.1. The number of rotatable bonds is 4. The van der Waals surface area contributed by atoms with Gasteiger partial charge in [-0.1, -0.05) is 12.1 Å². The lowest BCUT2D eigenvalue weighted by Crippen LogP contribution is -1.88. The van der Waals surface area contributed by atoms with Crippen LogP contribution < -0.4 is 4.74 Å². The largest absolute Gasteiger partial charge is 0.497 e. The van der Waals surface area contributed by atoms with E-state index in [4.69, 9.17) is 10.3 Å². The van der Waals surface area contributed by atoms with Gasteiger partial charge < -0.3 is 4.74 Å². The van der Waals surface area contributed by atoms with Crippen molar-refractivity contribution in [2.75, 3.05) is 13.7 Å². The molecule has 0 fully saturated rings. The van der Waals surface area contributed by atoms with Crippen molar-refractivity contribution in [2.45, 2.75) is 6.42 Å². The van der Waals surface area contributed by atoms with Crippen LogP contribution in [-0.4, -0.2) is 13.7 Å². The molecule has 0 heterocycles. The van der Waals surface area contributed by atoms with Gasteiger partial charge in [0, 0.05) is 0 Å². The number of hydrogen-bond acceptors (Lipinski definition) is 3. The third kappa shape index (κ3) is 2.34. The van der Waals surface area contributed by atoms with E-state index in [1.165, 1.54) is 5.56 Å². The van der Waals surface area contributed by atoms with Gasteiger partial charge in [0.2, 0.25) is 0 Å². The Labute approximate surface area is 71.9 Å². The van der Waals surface area contributed by atoms with Crippen molar-refractivity contribution in [2.24, 2.45) is 5.11 Å². The first kappa shape index (κ1) is 8.71. The van der Waals surface area contributed by atoms with Gasteiger partial charge >= 0.3 is 0 Å². The highest BCUT2D eigenvalue weighted by atomic mass is 16.5. The number of hydrogen-bond donors (Lipinski definition) is 1. The van der Waals surface area contributed by atoms with Gasteiger partial charge in [0.1, 0.15) is 5.75 Å². The highest BCUT2D eigenvalue weighted by Crippen LogP contribution is 2.11. The van der Waals surface area contributed by atoms with E-state index >= 15 is 0 Å². The highest BCUT2D eigenvalue weighted by Gasteiger charge is 1.92. The summed E-state index contributed by atoms with van der Waals surface area (Å²) in [5, 5.41) is 3.29. The normalized spacial score (nSPS) is 9.42. The molecule has 0 saturated heterocycles. The van der Waals surface area contributed by atoms with Gasteiger partial charge in [-0.15, -0.1) is 0 Å². The van der Waals surface area contributed by atoms with Crippen molar-refractivity contribution in [3.8, 4) is 5.75 Å². The molecule has 0 spiro atoms. The van der Waals surface area contributed by atoms with Crippen molar-refractivity contribution in [3.05, 3.63) is 29.8 Å². The molecule has 3 heteroatoms. The second-order valence-electron chi connectivity index (χ2n) is 2.48. The summed E-state index contributed by atoms with van der Waals surface area (Å²) in [6, 6.07) is 7.81. The maximum Gasteiger partial charge on any atom is 0.118 e. The molecule has 0 atom stereocenters. The average Bonchev–Trinajstić information content (AvgIpc) is 2.15. The first-order valence-electron chi connectivity index (χ1n) is 3.83. The van der Waals surface area contributed by atoms with E-state index in [0.29, 0.717) is 6.54 Å². The Balaban J connectivity index is 2.58. The van der Waals surface area contributed by atoms with Gasteiger partial charge in [-0.2, -0.15) is 5.11 Å². The van der Waals surface area contributed by atoms with Crippen molar-refractivity contribution < 1.29 is 4.74 Å². The van der Waals surface area contributed by atoms with Crippen LogP contribution >= 0.6 is 0 Å². The minimum absolute atomic E-state index is 0.562. The third-order valence-corrected chi connectivity index (χ3v) is 1.67. The molecule has 0 aliphatic heterocycles. The van der Waals surface area contributed by atoms with Crippen LogP contribution in [0.3, 0.4) is 0 Å². The zero-order valence-electron chi connectivity index (χ0n) is 7.08. The van der Waals surface area contributed by atoms with Gasteiger partial charge in [-0.05, 0) is 24.1 Å². The smallest absolute Gasteiger partial charge is 0.118 e. The Hall–Kier alpha value is -1.38. The van der Waals surface area contributed by atoms with Crippen LogP contribution in [0.15, 0.2) is 29.4 Å². The van der Waals surface area contributed by atoms with E-state index in [9.17, 15) is 0 Å². The maximum atomic E-state index is 6.63. The van der Waals surface area contributed by atoms with E-state index in [0.717, 1.165) is 12.2 Å². The Bertz CT molecular complexity index is 243. The van der Waals surface area contributed by atoms with Crippen molar-refractivity contribution >= 4 is 0 Å². The zero-order chi connectivity index (χ0) is 8.81. The summed E-state index contributed by atoms with van der Waals surface area (Å²) in [4.78, 5) is 0. The molecule has 1 rings (SSSR count). The molecule has 64 valence electrons. The molecule has 0 radical (unpaired) electrons. The quantitative estimate of drug-likeness (QED) is 0.681. The summed E-state index contributed by atoms with van der Waals surface area (Å²) in [7, 11) is 1.65. The molecule has 3 nitrogen and oxygen atoms in total. The molecule has 0 aliphatic carbocycles. The van der Waals surface area contributed by atoms with E-state index in [2.05, 4.69) is 5.11 Å². The number of benzene rings is 1. The standard InChI is InChI=1S/C9H12N2O/c1-12-9-4-2-8(3-5-9)6-7-11-10/h2-5,10H,6-7H2,1H3. The topological polar surface area (TPSA) is 45.4 Å². The fraction of sp³-hybridized carbons (Fsp3) is 0.333. The Morgan fingerprint density at radius 2 is 2.00 bits per heavy atom. The molecule has 1 aromatic carbocycles. The molecular weight excluding hydrogens is 152 g/mol. The first-order valence-corrected chi connectivity index (χ1v) is 3.83. The van der Waals surface area contributed by atoms with E-state index in [1.807, 2.05) is 24.3 Å². The van der Waals surface area contributed by atoms with Gasteiger partial charge in [-0.3, -0.25) is 0 Å². The van der Waals surface area contributed by atoms with E-state index < -0.39 is 0 Å². The second-order valence-corrected chi connectivity index (χ2v) is 2.48. The minimum atomic E-state index is 0.562. The Morgan fingerprint density at radius 1 is 1.33 bits per heavy atom. The second kappa shape index (κ2) is 4.49. The van der Waals surface area contributed by atoms with Crippen molar-refractivity contribution in [1.29, 1.82) is 5.53 Å². The molecule has 0 saturated carbocycles. The van der Waals surface area contributed by atoms with Gasteiger partial charge in [0.25, 0.3) is 0 Å². The summed E-state index contributed by atoms with van der Waals surface area (Å²) in [5.74, 6) is 0.863. The molecule has 12 heavy (non-hydrogen) atoms. The van der Waals surface area contributed by atoms with Gasteiger partial charge in [0.15, 0.2) is 0 Å². The fourth-order valence-electron chi connectivity index (χ4n) is 0.977. The van der Waals surface area contributed by atoms with Crippen LogP contribution in [0.4, 0.5) is 0 Å². The molecule has 0 aliphatic rings. The van der Waals surface area contributed by atoms with Crippen LogP contribution in [0, 0.1) is 5.53 Å². The molecule has 0 unspecified atom stereocenters. The summed E-state index contributed by atoms with van der Waals surface area (Å²) in [5.41, 5.74) is 7.82. The molecule has 0 aromatic heterocycles. The summed E-state index contributed by atoms with van der Waals surface area (Å²) in [6.45, 7) is 0.562. The van der Waals surface area contributed by atoms with Gasteiger partial charge in [-0.25, -0.2) is 5.53 Å². The molecule has 0 amide bonds. The summed E-state index contributed by atoms with van der Waals surface area (Å²) in [6.07, 6.45) is 0.827. The molecule has 1 N–H and O–H groups in total. The van der Waals surface area contributed by atoms with E-state index in [1.54, 1.807) is 7.11 Å². The summed E-state index contributed by atoms with van der Waals surface area (Å²) >= 11 is 0. The highest BCUT2D eigenvalue weighted by molar-refractivity contribution is 5.27. The third-order valence-electron chi connectivity index (χ3n) is 1.67. The first-order chi connectivity index (χ1) is 5.86. The molecule has 0 bridgehead atoms. The van der Waals surface area contributed by atoms with E-state index in [-0.39, 0.29) is 0 Å². The maximum absolute atomic E-state index is 6.63. The Morgan fingerprint density at radius 3 is 2.50 bits per heavy atom. The van der Waals surface area contributed by atoms with Crippen LogP contribution in [0.2, 0.25) is 0 Å². The lowest BCUT2D eigenvalue weighted by molar-refractivity contribution is 0.414. The molecule has 1 aromatic rings. The number of ether oxygens (including phenoxy) is 1. The predicted octanol–water partition coefficient (Wildman–Crippen LogP) is 2.27. The molecular formula is C9H12N2O. The van der Waals surface area contributed by atoms with Crippen LogP contribution in [0.25, 0.3) is 0 Å². The van der Waals surface area contributed by atoms with Crippen molar-refractivity contribution in [1.82, 2.24) is 0 Å². The van der Waals surface area contributed by atoms with Crippen LogP contribution in [-0.2, 0) is 6.42 Å². The SMILES string of the molecule is COc1ccc(CCN=N)cc1. The number of nitrogens with one attached hydrogen (secondary N) is 1. The Kier molecular flexibility index (Phi) is 3.26. The average molecular weight is 164 g/mol. The lowest BCUT2D eigenvalue weighted by Gasteiger charge is -2.00.